The molecular weight excluding hydrogens is 1060 g/mol. The largest absolute Gasteiger partial charge is 0.352 e. The summed E-state index contributed by atoms with van der Waals surface area (Å²) in [6.45, 7) is 14.3. The molecule has 0 bridgehead atoms. The molecule has 0 aromatic heterocycles. The number of nitrogens with one attached hydrogen (secondary N) is 6. The molecule has 2 aliphatic carbocycles. The predicted molar refractivity (Wildman–Crippen MR) is 327 cm³/mol. The molecule has 4 unspecified atom stereocenters. The van der Waals surface area contributed by atoms with Crippen molar-refractivity contribution < 1.29 is 38.4 Å². The van der Waals surface area contributed by atoms with Gasteiger partial charge in [-0.15, -0.1) is 0 Å². The summed E-state index contributed by atoms with van der Waals surface area (Å²) in [7, 11) is 0. The van der Waals surface area contributed by atoms with Crippen LogP contribution in [-0.4, -0.2) is 117 Å². The Hall–Kier alpha value is -7.36. The van der Waals surface area contributed by atoms with E-state index in [4.69, 9.17) is 0 Å². The molecule has 16 heteroatoms. The summed E-state index contributed by atoms with van der Waals surface area (Å²) < 4.78 is 0. The number of rotatable bonds is 18. The summed E-state index contributed by atoms with van der Waals surface area (Å²) in [6.07, 6.45) is 8.75. The molecule has 1 saturated heterocycles. The van der Waals surface area contributed by atoms with Crippen molar-refractivity contribution in [1.29, 1.82) is 0 Å². The first kappa shape index (κ1) is 64.2. The molecule has 8 amide bonds. The standard InChI is InChI=1S/C68H92N8O8/c1-43(2)39-57-63(79)73-55(41-49-27-15-9-16-28-49)61(77)70-48(8)68(84)76(60(46(6)52-33-21-12-22-34-52)66(82)72-54-37-25-14-26-38-54)58(40-44(3)4)64(80)74-56(42-50-29-17-10-18-30-50)62(78)69-47(7)67(83)75(57)59(45(5)51-31-19-11-20-32-51)65(81)71-53-35-23-13-24-36-53/h9-12,15-22,27-34,43-48,53-60H,13-14,23-26,35-42H2,1-8H3,(H,69,78)(H,70,77)(H,71,81)(H,72,82)(H,73,79)(H,74,80)/t45?,46?,47-,48-,55-,56-,57-,58-,59?,60?/m0/s1. The SMILES string of the molecule is CC(C)C[C@H]1C(=O)N[C@@H](Cc2ccccc2)C(=O)N[C@@H](C)C(=O)N(C(C(=O)NC2CCCCC2)C(C)c2ccccc2)[C@@H](CC(C)C)C(=O)N[C@@H](Cc2ccccc2)C(=O)N[C@@H](C)C(=O)N1C(C(=O)NC1CCCCC1)C(C)c1ccccc1. The van der Waals surface area contributed by atoms with E-state index in [-0.39, 0.29) is 49.6 Å². The molecule has 452 valence electrons. The van der Waals surface area contributed by atoms with Crippen molar-refractivity contribution >= 4 is 47.3 Å². The summed E-state index contributed by atoms with van der Waals surface area (Å²) >= 11 is 0. The predicted octanol–water partition coefficient (Wildman–Crippen LogP) is 8.19. The zero-order valence-corrected chi connectivity index (χ0v) is 50.7. The second-order valence-corrected chi connectivity index (χ2v) is 24.7. The smallest absolute Gasteiger partial charge is 0.246 e. The average Bonchev–Trinajstić information content (AvgIpc) is 3.24. The maximum Gasteiger partial charge on any atom is 0.246 e. The molecule has 4 aromatic rings. The number of hydrogen-bond donors (Lipinski definition) is 6. The van der Waals surface area contributed by atoms with Crippen molar-refractivity contribution in [2.75, 3.05) is 0 Å². The van der Waals surface area contributed by atoms with Crippen LogP contribution in [0.2, 0.25) is 0 Å². The van der Waals surface area contributed by atoms with E-state index < -0.39 is 107 Å². The third-order valence-corrected chi connectivity index (χ3v) is 17.1. The van der Waals surface area contributed by atoms with Crippen molar-refractivity contribution in [3.8, 4) is 0 Å². The summed E-state index contributed by atoms with van der Waals surface area (Å²) in [5.41, 5.74) is 2.83. The summed E-state index contributed by atoms with van der Waals surface area (Å²) in [6, 6.07) is 25.6. The van der Waals surface area contributed by atoms with Crippen molar-refractivity contribution in [1.82, 2.24) is 41.7 Å². The van der Waals surface area contributed by atoms with Crippen molar-refractivity contribution in [2.24, 2.45) is 11.8 Å². The maximum absolute atomic E-state index is 16.0. The lowest BCUT2D eigenvalue weighted by Gasteiger charge is -2.43. The van der Waals surface area contributed by atoms with Crippen LogP contribution in [0.4, 0.5) is 0 Å². The van der Waals surface area contributed by atoms with Gasteiger partial charge in [-0.2, -0.15) is 0 Å². The summed E-state index contributed by atoms with van der Waals surface area (Å²) in [5.74, 6) is -7.14. The van der Waals surface area contributed by atoms with Gasteiger partial charge in [0.15, 0.2) is 0 Å². The second kappa shape index (κ2) is 31.0. The van der Waals surface area contributed by atoms with Gasteiger partial charge in [-0.1, -0.05) is 201 Å². The molecule has 0 radical (unpaired) electrons. The number of nitrogens with zero attached hydrogens (tertiary/aromatic N) is 2. The monoisotopic (exact) mass is 1150 g/mol. The van der Waals surface area contributed by atoms with Crippen molar-refractivity contribution in [2.45, 2.75) is 218 Å². The van der Waals surface area contributed by atoms with Crippen LogP contribution in [0.15, 0.2) is 121 Å². The Labute approximate surface area is 498 Å². The summed E-state index contributed by atoms with van der Waals surface area (Å²) in [5, 5.41) is 18.5. The van der Waals surface area contributed by atoms with Crippen LogP contribution in [0.5, 0.6) is 0 Å². The lowest BCUT2D eigenvalue weighted by Crippen LogP contribution is -2.67. The first-order valence-electron chi connectivity index (χ1n) is 30.9. The van der Waals surface area contributed by atoms with Crippen molar-refractivity contribution in [3.05, 3.63) is 144 Å². The fourth-order valence-corrected chi connectivity index (χ4v) is 12.5. The molecule has 6 N–H and O–H groups in total. The van der Waals surface area contributed by atoms with E-state index in [1.54, 1.807) is 0 Å². The van der Waals surface area contributed by atoms with Gasteiger partial charge in [0.05, 0.1) is 0 Å². The quantitative estimate of drug-likeness (QED) is 0.0570. The minimum Gasteiger partial charge on any atom is -0.352 e. The van der Waals surface area contributed by atoms with E-state index in [1.807, 2.05) is 163 Å². The Morgan fingerprint density at radius 3 is 1.06 bits per heavy atom. The van der Waals surface area contributed by atoms with Gasteiger partial charge < -0.3 is 41.7 Å². The molecule has 16 nitrogen and oxygen atoms in total. The van der Waals surface area contributed by atoms with Gasteiger partial charge in [-0.05, 0) is 86.5 Å². The van der Waals surface area contributed by atoms with Gasteiger partial charge in [-0.3, -0.25) is 38.4 Å². The number of amides is 8. The molecule has 4 aromatic carbocycles. The highest BCUT2D eigenvalue weighted by Crippen LogP contribution is 2.32. The molecule has 84 heavy (non-hydrogen) atoms. The van der Waals surface area contributed by atoms with Crippen LogP contribution in [0.1, 0.15) is 167 Å². The molecule has 2 saturated carbocycles. The third kappa shape index (κ3) is 17.4. The number of carbonyl (C=O) groups excluding carboxylic acids is 8. The van der Waals surface area contributed by atoms with Crippen LogP contribution in [0.3, 0.4) is 0 Å². The van der Waals surface area contributed by atoms with Gasteiger partial charge in [0, 0.05) is 36.8 Å². The average molecular weight is 1150 g/mol. The number of hydrogen-bond acceptors (Lipinski definition) is 8. The van der Waals surface area contributed by atoms with Crippen LogP contribution in [0.25, 0.3) is 0 Å². The van der Waals surface area contributed by atoms with E-state index in [0.29, 0.717) is 11.1 Å². The minimum absolute atomic E-state index is 0.0392. The van der Waals surface area contributed by atoms with Gasteiger partial charge in [0.1, 0.15) is 48.3 Å². The molecule has 7 rings (SSSR count). The first-order chi connectivity index (χ1) is 40.3. The van der Waals surface area contributed by atoms with E-state index in [1.165, 1.54) is 23.6 Å². The van der Waals surface area contributed by atoms with Gasteiger partial charge >= 0.3 is 0 Å². The van der Waals surface area contributed by atoms with Gasteiger partial charge in [-0.25, -0.2) is 0 Å². The molecular formula is C68H92N8O8. The maximum atomic E-state index is 16.0. The minimum atomic E-state index is -1.39. The van der Waals surface area contributed by atoms with Crippen molar-refractivity contribution in [3.63, 3.8) is 0 Å². The normalized spacial score (nSPS) is 23.7. The topological polar surface area (TPSA) is 215 Å². The Kier molecular flexibility index (Phi) is 23.7. The highest BCUT2D eigenvalue weighted by Gasteiger charge is 2.48. The van der Waals surface area contributed by atoms with E-state index in [9.17, 15) is 0 Å². The molecule has 1 aliphatic heterocycles. The Balaban J connectivity index is 1.42. The fraction of sp³-hybridized carbons (Fsp3) is 0.529. The van der Waals surface area contributed by atoms with Crippen LogP contribution in [0, 0.1) is 11.8 Å². The Bertz CT molecular complexity index is 2620. The number of carbonyl (C=O) groups is 8. The van der Waals surface area contributed by atoms with E-state index in [2.05, 4.69) is 31.9 Å². The van der Waals surface area contributed by atoms with Gasteiger partial charge in [0.2, 0.25) is 47.3 Å². The van der Waals surface area contributed by atoms with E-state index >= 15 is 38.4 Å². The molecule has 10 atom stereocenters. The fourth-order valence-electron chi connectivity index (χ4n) is 12.5. The highest BCUT2D eigenvalue weighted by atomic mass is 16.2. The zero-order chi connectivity index (χ0) is 60.5. The highest BCUT2D eigenvalue weighted by molar-refractivity contribution is 6.01. The molecule has 0 spiro atoms. The first-order valence-corrected chi connectivity index (χ1v) is 30.9. The Morgan fingerprint density at radius 2 is 0.750 bits per heavy atom. The Morgan fingerprint density at radius 1 is 0.440 bits per heavy atom. The lowest BCUT2D eigenvalue weighted by molar-refractivity contribution is -0.153. The molecule has 3 fully saturated rings. The van der Waals surface area contributed by atoms with Crippen LogP contribution >= 0.6 is 0 Å². The molecule has 1 heterocycles. The van der Waals surface area contributed by atoms with Crippen LogP contribution in [-0.2, 0) is 51.2 Å². The third-order valence-electron chi connectivity index (χ3n) is 17.1. The second-order valence-electron chi connectivity index (χ2n) is 24.7. The van der Waals surface area contributed by atoms with E-state index in [0.717, 1.165) is 75.3 Å². The summed E-state index contributed by atoms with van der Waals surface area (Å²) in [4.78, 5) is 128. The van der Waals surface area contributed by atoms with Crippen LogP contribution < -0.4 is 31.9 Å². The lowest BCUT2D eigenvalue weighted by atomic mass is 9.87. The van der Waals surface area contributed by atoms with Gasteiger partial charge in [0.25, 0.3) is 0 Å². The number of benzene rings is 4. The zero-order valence-electron chi connectivity index (χ0n) is 50.7. The molecule has 3 aliphatic rings.